The van der Waals surface area contributed by atoms with Gasteiger partial charge in [0.25, 0.3) is 0 Å². The number of anilines is 2. The Bertz CT molecular complexity index is 3130. The first-order chi connectivity index (χ1) is 45.6. The van der Waals surface area contributed by atoms with Crippen LogP contribution in [0.3, 0.4) is 0 Å². The number of aryl methyl sites for hydroxylation is 2. The van der Waals surface area contributed by atoms with E-state index in [2.05, 4.69) is 162 Å². The van der Waals surface area contributed by atoms with Gasteiger partial charge in [-0.3, -0.25) is 9.05 Å². The van der Waals surface area contributed by atoms with Crippen molar-refractivity contribution in [1.82, 2.24) is 48.2 Å². The van der Waals surface area contributed by atoms with Crippen LogP contribution in [0.2, 0.25) is 0 Å². The monoisotopic (exact) mass is 1450 g/mol. The van der Waals surface area contributed by atoms with Crippen molar-refractivity contribution >= 4 is 80.2 Å². The summed E-state index contributed by atoms with van der Waals surface area (Å²) in [7, 11) is -5.74. The van der Waals surface area contributed by atoms with Crippen LogP contribution in [0.1, 0.15) is 231 Å². The Morgan fingerprint density at radius 1 is 0.586 bits per heavy atom. The molecule has 0 saturated heterocycles. The molecule has 0 fully saturated rings. The van der Waals surface area contributed by atoms with Gasteiger partial charge in [0.1, 0.15) is 29.4 Å². The number of imidazole rings is 2. The molecule has 5 atom stereocenters. The van der Waals surface area contributed by atoms with Crippen LogP contribution in [0, 0.1) is 29.1 Å². The molecule has 570 valence electrons. The number of pyridine rings is 2. The number of aromatic nitrogens is 6. The van der Waals surface area contributed by atoms with Gasteiger partial charge in [0.05, 0.1) is 67.6 Å². The average molecular weight is 1450 g/mol. The van der Waals surface area contributed by atoms with Crippen molar-refractivity contribution in [2.24, 2.45) is 17.8 Å². The molecule has 4 aromatic heterocycles. The molecular formula is C74H140N13O9P3. The minimum atomic E-state index is -4.10. The van der Waals surface area contributed by atoms with Gasteiger partial charge < -0.3 is 49.5 Å². The van der Waals surface area contributed by atoms with Crippen molar-refractivity contribution in [3.63, 3.8) is 0 Å². The van der Waals surface area contributed by atoms with Gasteiger partial charge in [-0.2, -0.15) is 5.26 Å². The molecule has 0 aliphatic heterocycles. The highest BCUT2D eigenvalue weighted by molar-refractivity contribution is 7.48. The Morgan fingerprint density at radius 3 is 1.38 bits per heavy atom. The van der Waals surface area contributed by atoms with Crippen LogP contribution < -0.4 is 16.6 Å². The van der Waals surface area contributed by atoms with Gasteiger partial charge in [0.15, 0.2) is 28.5 Å². The van der Waals surface area contributed by atoms with E-state index in [1.54, 1.807) is 0 Å². The Balaban J connectivity index is 0. The predicted molar refractivity (Wildman–Crippen MR) is 423 cm³/mol. The second-order valence-corrected chi connectivity index (χ2v) is 30.8. The molecule has 2 aromatic carbocycles. The summed E-state index contributed by atoms with van der Waals surface area (Å²) in [5.41, 5.74) is 17.2. The molecule has 0 saturated carbocycles. The number of nitrogens with two attached hydrogens (primary N) is 2. The van der Waals surface area contributed by atoms with E-state index in [4.69, 9.17) is 49.7 Å². The normalized spacial score (nSPS) is 13.4. The molecule has 99 heavy (non-hydrogen) atoms. The zero-order valence-corrected chi connectivity index (χ0v) is 65.4. The van der Waals surface area contributed by atoms with Gasteiger partial charge in [-0.05, 0) is 133 Å². The van der Waals surface area contributed by atoms with Crippen LogP contribution >= 0.6 is 24.7 Å². The molecule has 0 spiro atoms. The molecule has 0 bridgehead atoms. The maximum Gasteiger partial charge on any atom is 0.472 e. The van der Waals surface area contributed by atoms with E-state index in [1.807, 2.05) is 80.8 Å². The van der Waals surface area contributed by atoms with E-state index in [0.29, 0.717) is 105 Å². The van der Waals surface area contributed by atoms with Gasteiger partial charge in [-0.25, -0.2) is 43.6 Å². The van der Waals surface area contributed by atoms with Crippen molar-refractivity contribution in [2.45, 2.75) is 281 Å². The van der Waals surface area contributed by atoms with Crippen LogP contribution in [0.4, 0.5) is 11.6 Å². The van der Waals surface area contributed by atoms with E-state index in [-0.39, 0.29) is 48.0 Å². The third kappa shape index (κ3) is 32.2. The van der Waals surface area contributed by atoms with Crippen LogP contribution in [0.5, 0.6) is 0 Å². The number of hydrogen-bond acceptors (Lipinski definition) is 19. The van der Waals surface area contributed by atoms with E-state index in [0.717, 1.165) is 121 Å². The second kappa shape index (κ2) is 51.9. The third-order valence-electron chi connectivity index (χ3n) is 15.9. The van der Waals surface area contributed by atoms with Gasteiger partial charge in [0.2, 0.25) is 0 Å². The number of nitrogens with one attached hydrogen (secondary N) is 1. The van der Waals surface area contributed by atoms with E-state index >= 15 is 0 Å². The standard InChI is InChI=1S/C21H31N4O4P.C16H20N4O.C15H32N3OP.C14H33N2O2P.C5H12O.3CH4/c1-4-6-11-18-24-19-20(16-9-7-8-10-17(16)23-21(19)22)25(18)12-13-28-30(26,27)29-14-15(3)5-2;1-2-3-8-13-19-14-15(20(13)9-10-21)11-6-4-5-7-12(11)18-16(14)17;1-12(2)17(13(3)4)20(19-11-9-10-16)18(14(5)6)15(7)8;1-8-14(7)10-18-19(15-11-17-9-2)16(12(3)4)13(5)6;1-3-5(2)4-6;;;/h7-10,15H,4-6,11-14H2,1-3H3,(H2,22,23)(H,26,27);4-7,21H,2-3,8-10H2,1H3,(H2,17,18);12-15H,9,11H2,1-8H3;12-15H,8-11H2,1-7H3;5-6H,3-4H2,1-2H3;3*1H4/t15-;;;14-,19?;5-;;;/m1..11.../s1. The molecule has 8 N–H and O–H groups in total. The summed E-state index contributed by atoms with van der Waals surface area (Å²) in [6.07, 6.45) is 9.40. The molecule has 22 nitrogen and oxygen atoms in total. The number of phosphoric acid groups is 1. The molecule has 0 amide bonds. The number of aliphatic hydroxyl groups excluding tert-OH is 2. The Morgan fingerprint density at radius 2 is 1.01 bits per heavy atom. The van der Waals surface area contributed by atoms with Crippen molar-refractivity contribution in [3.05, 3.63) is 60.2 Å². The summed E-state index contributed by atoms with van der Waals surface area (Å²) < 4.78 is 51.6. The maximum atomic E-state index is 12.2. The van der Waals surface area contributed by atoms with Gasteiger partial charge >= 0.3 is 7.82 Å². The fourth-order valence-electron chi connectivity index (χ4n) is 10.3. The van der Waals surface area contributed by atoms with Gasteiger partial charge in [-0.1, -0.05) is 146 Å². The zero-order valence-electron chi connectivity index (χ0n) is 62.7. The number of nitriles is 1. The summed E-state index contributed by atoms with van der Waals surface area (Å²) in [6.45, 7) is 49.4. The van der Waals surface area contributed by atoms with Crippen molar-refractivity contribution in [2.75, 3.05) is 64.4 Å². The number of benzene rings is 2. The Labute approximate surface area is 602 Å². The van der Waals surface area contributed by atoms with Crippen molar-refractivity contribution < 1.29 is 42.5 Å². The lowest BCUT2D eigenvalue weighted by molar-refractivity contribution is 0.130. The Kier molecular flexibility index (Phi) is 50.9. The number of ether oxygens (including phenoxy) is 1. The van der Waals surface area contributed by atoms with E-state index in [9.17, 15) is 14.6 Å². The summed E-state index contributed by atoms with van der Waals surface area (Å²) >= 11 is 0. The van der Waals surface area contributed by atoms with Crippen LogP contribution in [-0.4, -0.2) is 147 Å². The highest BCUT2D eigenvalue weighted by Crippen LogP contribution is 2.51. The number of hydrogen-bond donors (Lipinski definition) is 6. The number of para-hydroxylation sites is 2. The fraction of sp³-hybridized carbons (Fsp3) is 0.716. The molecule has 4 heterocycles. The number of fused-ring (bicyclic) bond motifs is 6. The van der Waals surface area contributed by atoms with Crippen molar-refractivity contribution in [3.8, 4) is 6.07 Å². The Hall–Kier alpha value is -4.10. The minimum Gasteiger partial charge on any atom is -0.396 e. The number of rotatable bonds is 38. The molecule has 0 aliphatic rings. The van der Waals surface area contributed by atoms with Crippen LogP contribution in [-0.2, 0) is 53.3 Å². The lowest BCUT2D eigenvalue weighted by atomic mass is 10.1. The minimum absolute atomic E-state index is 0. The molecule has 2 unspecified atom stereocenters. The second-order valence-electron chi connectivity index (χ2n) is 26.1. The third-order valence-corrected chi connectivity index (χ3v) is 22.1. The highest BCUT2D eigenvalue weighted by Gasteiger charge is 2.34. The first kappa shape index (κ1) is 97.0. The summed E-state index contributed by atoms with van der Waals surface area (Å²) in [6, 6.07) is 20.4. The van der Waals surface area contributed by atoms with Gasteiger partial charge in [0, 0.05) is 86.2 Å². The number of nitrogens with zero attached hydrogens (tertiary/aromatic N) is 10. The van der Waals surface area contributed by atoms with Crippen LogP contribution in [0.15, 0.2) is 48.5 Å². The smallest absolute Gasteiger partial charge is 0.396 e. The predicted octanol–water partition coefficient (Wildman–Crippen LogP) is 18.5. The number of nitrogen functional groups attached to an aromatic ring is 2. The number of phosphoric ester groups is 1. The molecular weight excluding hydrogens is 1310 g/mol. The van der Waals surface area contributed by atoms with Crippen LogP contribution in [0.25, 0.3) is 43.9 Å². The first-order valence-electron chi connectivity index (χ1n) is 35.4. The first-order valence-corrected chi connectivity index (χ1v) is 39.3. The van der Waals surface area contributed by atoms with Gasteiger partial charge in [-0.15, -0.1) is 0 Å². The molecule has 25 heteroatoms. The quantitative estimate of drug-likeness (QED) is 0.0119. The largest absolute Gasteiger partial charge is 0.472 e. The fourth-order valence-corrected chi connectivity index (χ4v) is 15.3. The average Bonchev–Trinajstić information content (AvgIpc) is 1.63. The van der Waals surface area contributed by atoms with E-state index < -0.39 is 24.7 Å². The summed E-state index contributed by atoms with van der Waals surface area (Å²) in [5, 5.41) is 31.9. The number of aliphatic hydroxyl groups is 2. The highest BCUT2D eigenvalue weighted by atomic mass is 31.2. The van der Waals surface area contributed by atoms with Crippen molar-refractivity contribution in [1.29, 1.82) is 5.26 Å². The lowest BCUT2D eigenvalue weighted by Gasteiger charge is -2.45. The molecule has 0 radical (unpaired) electrons. The molecule has 6 aromatic rings. The number of unbranched alkanes of at least 4 members (excludes halogenated alkanes) is 2. The maximum absolute atomic E-state index is 12.2. The summed E-state index contributed by atoms with van der Waals surface area (Å²) in [4.78, 5) is 28.3. The SMILES string of the molecule is C.C.C.CC(C)N(C(C)C)P(OCCC#N)N(C(C)C)C(C)C.CCCCc1nc2c(N)nc3ccccc3c2n1CCO.CCCCc1nc2c(N)nc3ccccc3c2n1CCOP(=O)(O)OC[C@H](C)CC.CCOCNP(OC[C@H](C)CC)N(C(C)C)C(C)C.CC[C@@H](C)CO. The van der Waals surface area contributed by atoms with E-state index in [1.165, 1.54) is 0 Å². The molecule has 0 aliphatic carbocycles. The molecule has 6 rings (SSSR count). The summed E-state index contributed by atoms with van der Waals surface area (Å²) in [5.74, 6) is 3.96. The lowest BCUT2D eigenvalue weighted by Crippen LogP contribution is -2.43. The zero-order chi connectivity index (χ0) is 72.2. The topological polar surface area (TPSA) is 283 Å².